The number of methoxy groups -OCH3 is 1. The van der Waals surface area contributed by atoms with Gasteiger partial charge in [-0.1, -0.05) is 18.2 Å². The summed E-state index contributed by atoms with van der Waals surface area (Å²) in [6.07, 6.45) is 3.85. The molecule has 7 nitrogen and oxygen atoms in total. The molecule has 1 fully saturated rings. The minimum atomic E-state index is -0.920. The van der Waals surface area contributed by atoms with Crippen molar-refractivity contribution in [3.05, 3.63) is 47.8 Å². The fourth-order valence-corrected chi connectivity index (χ4v) is 3.39. The number of hydrogen-bond acceptors (Lipinski definition) is 4. The number of carboxylic acids is 1. The molecule has 26 heavy (non-hydrogen) atoms. The molecule has 0 aliphatic carbocycles. The molecule has 1 aliphatic rings. The standard InChI is InChI=1S/C19H23N3O4/c1-26-17-7-3-2-5-14(17)11-18(23)21-9-4-6-15(12-21)16-8-10-22(20-16)13-19(24)25/h2-3,5,7-8,10,15H,4,6,9,11-13H2,1H3,(H,24,25). The van der Waals surface area contributed by atoms with Gasteiger partial charge in [-0.3, -0.25) is 14.3 Å². The Kier molecular flexibility index (Phi) is 5.55. The first-order valence-electron chi connectivity index (χ1n) is 8.71. The number of nitrogens with zero attached hydrogens (tertiary/aromatic N) is 3. The van der Waals surface area contributed by atoms with E-state index in [0.29, 0.717) is 13.0 Å². The van der Waals surface area contributed by atoms with Gasteiger partial charge in [-0.15, -0.1) is 0 Å². The molecule has 3 rings (SSSR count). The number of benzene rings is 1. The molecule has 1 saturated heterocycles. The number of rotatable bonds is 6. The molecule has 1 aromatic heterocycles. The van der Waals surface area contributed by atoms with Crippen LogP contribution in [0.3, 0.4) is 0 Å². The predicted molar refractivity (Wildman–Crippen MR) is 95.1 cm³/mol. The molecule has 0 radical (unpaired) electrons. The number of likely N-dealkylation sites (tertiary alicyclic amines) is 1. The highest BCUT2D eigenvalue weighted by atomic mass is 16.5. The van der Waals surface area contributed by atoms with E-state index in [1.807, 2.05) is 35.2 Å². The number of para-hydroxylation sites is 1. The van der Waals surface area contributed by atoms with Crippen LogP contribution < -0.4 is 4.74 Å². The van der Waals surface area contributed by atoms with Crippen molar-refractivity contribution in [2.24, 2.45) is 0 Å². The molecule has 1 aliphatic heterocycles. The van der Waals surface area contributed by atoms with Crippen molar-refractivity contribution in [2.45, 2.75) is 31.7 Å². The van der Waals surface area contributed by atoms with Crippen molar-refractivity contribution in [1.29, 1.82) is 0 Å². The molecule has 0 spiro atoms. The highest BCUT2D eigenvalue weighted by molar-refractivity contribution is 5.79. The summed E-state index contributed by atoms with van der Waals surface area (Å²) in [4.78, 5) is 25.4. The first kappa shape index (κ1) is 18.0. The number of carbonyl (C=O) groups is 2. The first-order chi connectivity index (χ1) is 12.6. The summed E-state index contributed by atoms with van der Waals surface area (Å²) in [5, 5.41) is 13.2. The molecule has 0 saturated carbocycles. The van der Waals surface area contributed by atoms with Gasteiger partial charge in [-0.2, -0.15) is 5.10 Å². The van der Waals surface area contributed by atoms with Crippen LogP contribution in [0.25, 0.3) is 0 Å². The number of hydrogen-bond donors (Lipinski definition) is 1. The van der Waals surface area contributed by atoms with E-state index in [4.69, 9.17) is 9.84 Å². The fourth-order valence-electron chi connectivity index (χ4n) is 3.39. The molecular weight excluding hydrogens is 334 g/mol. The zero-order valence-electron chi connectivity index (χ0n) is 14.8. The second-order valence-electron chi connectivity index (χ2n) is 6.50. The Morgan fingerprint density at radius 1 is 1.31 bits per heavy atom. The van der Waals surface area contributed by atoms with Crippen molar-refractivity contribution in [1.82, 2.24) is 14.7 Å². The molecule has 2 heterocycles. The molecule has 1 unspecified atom stereocenters. The van der Waals surface area contributed by atoms with E-state index >= 15 is 0 Å². The fraction of sp³-hybridized carbons (Fsp3) is 0.421. The van der Waals surface area contributed by atoms with Crippen molar-refractivity contribution in [3.8, 4) is 5.75 Å². The van der Waals surface area contributed by atoms with Gasteiger partial charge in [-0.05, 0) is 25.0 Å². The molecule has 1 aromatic carbocycles. The third-order valence-electron chi connectivity index (χ3n) is 4.69. The first-order valence-corrected chi connectivity index (χ1v) is 8.71. The highest BCUT2D eigenvalue weighted by Gasteiger charge is 2.26. The van der Waals surface area contributed by atoms with Crippen LogP contribution in [0.4, 0.5) is 0 Å². The highest BCUT2D eigenvalue weighted by Crippen LogP contribution is 2.27. The van der Waals surface area contributed by atoms with Gasteiger partial charge in [-0.25, -0.2) is 0 Å². The average molecular weight is 357 g/mol. The van der Waals surface area contributed by atoms with Crippen LogP contribution in [-0.2, 0) is 22.6 Å². The molecule has 7 heteroatoms. The lowest BCUT2D eigenvalue weighted by Gasteiger charge is -2.32. The minimum absolute atomic E-state index is 0.0733. The van der Waals surface area contributed by atoms with Gasteiger partial charge in [0.25, 0.3) is 0 Å². The molecule has 1 atom stereocenters. The van der Waals surface area contributed by atoms with E-state index in [1.54, 1.807) is 13.3 Å². The molecule has 1 N–H and O–H groups in total. The van der Waals surface area contributed by atoms with Crippen molar-refractivity contribution >= 4 is 11.9 Å². The molecule has 2 aromatic rings. The van der Waals surface area contributed by atoms with Crippen LogP contribution in [0, 0.1) is 0 Å². The summed E-state index contributed by atoms with van der Waals surface area (Å²) in [5.74, 6) is 0.0170. The second-order valence-corrected chi connectivity index (χ2v) is 6.50. The summed E-state index contributed by atoms with van der Waals surface area (Å²) < 4.78 is 6.75. The van der Waals surface area contributed by atoms with Crippen molar-refractivity contribution in [2.75, 3.05) is 20.2 Å². The van der Waals surface area contributed by atoms with Gasteiger partial charge < -0.3 is 14.7 Å². The Labute approximate surface area is 152 Å². The third kappa shape index (κ3) is 4.22. The molecule has 1 amide bonds. The number of carbonyl (C=O) groups excluding carboxylic acids is 1. The van der Waals surface area contributed by atoms with E-state index in [1.165, 1.54) is 4.68 Å². The van der Waals surface area contributed by atoms with E-state index < -0.39 is 5.97 Å². The molecular formula is C19H23N3O4. The van der Waals surface area contributed by atoms with Crippen molar-refractivity contribution < 1.29 is 19.4 Å². The van der Waals surface area contributed by atoms with Crippen LogP contribution in [0.5, 0.6) is 5.75 Å². The normalized spacial score (nSPS) is 17.1. The summed E-state index contributed by atoms with van der Waals surface area (Å²) in [7, 11) is 1.60. The number of piperidine rings is 1. The largest absolute Gasteiger partial charge is 0.496 e. The summed E-state index contributed by atoms with van der Waals surface area (Å²) in [6.45, 7) is 1.20. The Balaban J connectivity index is 1.65. The maximum absolute atomic E-state index is 12.7. The number of amides is 1. The topological polar surface area (TPSA) is 84.7 Å². The Bertz CT molecular complexity index is 787. The maximum Gasteiger partial charge on any atom is 0.325 e. The van der Waals surface area contributed by atoms with Crippen LogP contribution in [0.1, 0.15) is 30.0 Å². The van der Waals surface area contributed by atoms with E-state index in [2.05, 4.69) is 5.10 Å². The molecule has 138 valence electrons. The second kappa shape index (κ2) is 8.03. The summed E-state index contributed by atoms with van der Waals surface area (Å²) >= 11 is 0. The van der Waals surface area contributed by atoms with Gasteiger partial charge >= 0.3 is 5.97 Å². The summed E-state index contributed by atoms with van der Waals surface area (Å²) in [6, 6.07) is 9.40. The quantitative estimate of drug-likeness (QED) is 0.854. The van der Waals surface area contributed by atoms with Gasteiger partial charge in [0.2, 0.25) is 5.91 Å². The SMILES string of the molecule is COc1ccccc1CC(=O)N1CCCC(c2ccn(CC(=O)O)n2)C1. The van der Waals surface area contributed by atoms with Crippen LogP contribution in [0.15, 0.2) is 36.5 Å². The Morgan fingerprint density at radius 3 is 2.88 bits per heavy atom. The van der Waals surface area contributed by atoms with Crippen LogP contribution in [0.2, 0.25) is 0 Å². The lowest BCUT2D eigenvalue weighted by Crippen LogP contribution is -2.40. The van der Waals surface area contributed by atoms with Crippen molar-refractivity contribution in [3.63, 3.8) is 0 Å². The molecule has 0 bridgehead atoms. The summed E-state index contributed by atoms with van der Waals surface area (Å²) in [5.41, 5.74) is 1.73. The van der Waals surface area contributed by atoms with Gasteiger partial charge in [0.05, 0.1) is 19.2 Å². The van der Waals surface area contributed by atoms with Gasteiger partial charge in [0.15, 0.2) is 0 Å². The van der Waals surface area contributed by atoms with Crippen LogP contribution in [-0.4, -0.2) is 51.9 Å². The lowest BCUT2D eigenvalue weighted by molar-refractivity contribution is -0.138. The third-order valence-corrected chi connectivity index (χ3v) is 4.69. The Morgan fingerprint density at radius 2 is 2.12 bits per heavy atom. The number of ether oxygens (including phenoxy) is 1. The van der Waals surface area contributed by atoms with E-state index in [0.717, 1.165) is 36.4 Å². The smallest absolute Gasteiger partial charge is 0.325 e. The van der Waals surface area contributed by atoms with E-state index in [9.17, 15) is 9.59 Å². The Hall–Kier alpha value is -2.83. The maximum atomic E-state index is 12.7. The van der Waals surface area contributed by atoms with Gasteiger partial charge in [0, 0.05) is 30.8 Å². The number of aliphatic carboxylic acids is 1. The van der Waals surface area contributed by atoms with Gasteiger partial charge in [0.1, 0.15) is 12.3 Å². The lowest BCUT2D eigenvalue weighted by atomic mass is 9.94. The monoisotopic (exact) mass is 357 g/mol. The van der Waals surface area contributed by atoms with E-state index in [-0.39, 0.29) is 18.4 Å². The number of aromatic nitrogens is 2. The number of carboxylic acid groups (broad SMARTS) is 1. The average Bonchev–Trinajstić information content (AvgIpc) is 3.10. The van der Waals surface area contributed by atoms with Crippen LogP contribution >= 0.6 is 0 Å². The predicted octanol–water partition coefficient (Wildman–Crippen LogP) is 1.93. The minimum Gasteiger partial charge on any atom is -0.496 e. The zero-order chi connectivity index (χ0) is 18.5. The zero-order valence-corrected chi connectivity index (χ0v) is 14.8.